The van der Waals surface area contributed by atoms with Crippen LogP contribution < -0.4 is 16.4 Å². The van der Waals surface area contributed by atoms with Gasteiger partial charge in [0.25, 0.3) is 0 Å². The molecule has 3 amide bonds. The highest BCUT2D eigenvalue weighted by Gasteiger charge is 2.33. The molecule has 6 nitrogen and oxygen atoms in total. The minimum Gasteiger partial charge on any atom is -0.368 e. The zero-order valence-corrected chi connectivity index (χ0v) is 14.4. The number of carbonyl (C=O) groups is 3. The Labute approximate surface area is 142 Å². The summed E-state index contributed by atoms with van der Waals surface area (Å²) in [5.74, 6) is -0.908. The fourth-order valence-electron chi connectivity index (χ4n) is 2.47. The standard InChI is InChI=1S/C18H25N3O3/c1-5-15(22)20-14-8-6-13(7-9-14)10-16(23)21-18(4,17(19)24)11-12(2)3/h5-9,12H,1,10-11H2,2-4H3,(H2,19,24)(H,20,22)(H,21,23). The van der Waals surface area contributed by atoms with E-state index in [2.05, 4.69) is 17.2 Å². The van der Waals surface area contributed by atoms with Crippen LogP contribution in [0.15, 0.2) is 36.9 Å². The molecule has 0 heterocycles. The molecule has 1 rings (SSSR count). The monoisotopic (exact) mass is 331 g/mol. The summed E-state index contributed by atoms with van der Waals surface area (Å²) in [5, 5.41) is 5.36. The minimum atomic E-state index is -1.07. The number of carbonyl (C=O) groups excluding carboxylic acids is 3. The average Bonchev–Trinajstić information content (AvgIpc) is 2.47. The molecule has 130 valence electrons. The normalized spacial score (nSPS) is 13.0. The lowest BCUT2D eigenvalue weighted by molar-refractivity contribution is -0.131. The number of hydrogen-bond acceptors (Lipinski definition) is 3. The maximum Gasteiger partial charge on any atom is 0.247 e. The Bertz CT molecular complexity index is 623. The molecule has 24 heavy (non-hydrogen) atoms. The molecule has 0 aliphatic heterocycles. The molecule has 1 aromatic carbocycles. The van der Waals surface area contributed by atoms with Crippen LogP contribution in [0.3, 0.4) is 0 Å². The Morgan fingerprint density at radius 2 is 1.83 bits per heavy atom. The molecule has 6 heteroatoms. The van der Waals surface area contributed by atoms with Crippen molar-refractivity contribution in [3.8, 4) is 0 Å². The van der Waals surface area contributed by atoms with Gasteiger partial charge >= 0.3 is 0 Å². The van der Waals surface area contributed by atoms with E-state index in [-0.39, 0.29) is 24.2 Å². The molecule has 0 saturated carbocycles. The quantitative estimate of drug-likeness (QED) is 0.633. The lowest BCUT2D eigenvalue weighted by Gasteiger charge is -2.29. The van der Waals surface area contributed by atoms with Crippen LogP contribution in [0.25, 0.3) is 0 Å². The van der Waals surface area contributed by atoms with Gasteiger partial charge in [-0.15, -0.1) is 0 Å². The van der Waals surface area contributed by atoms with Gasteiger partial charge in [-0.1, -0.05) is 32.6 Å². The van der Waals surface area contributed by atoms with E-state index in [1.165, 1.54) is 6.08 Å². The average molecular weight is 331 g/mol. The summed E-state index contributed by atoms with van der Waals surface area (Å²) in [6.45, 7) is 8.94. The molecule has 4 N–H and O–H groups in total. The van der Waals surface area contributed by atoms with Crippen LogP contribution >= 0.6 is 0 Å². The number of benzene rings is 1. The molecule has 0 spiro atoms. The van der Waals surface area contributed by atoms with E-state index >= 15 is 0 Å². The maximum atomic E-state index is 12.2. The highest BCUT2D eigenvalue weighted by molar-refractivity contribution is 5.98. The second kappa shape index (κ2) is 8.29. The predicted octanol–water partition coefficient (Wildman–Crippen LogP) is 1.76. The molecular weight excluding hydrogens is 306 g/mol. The van der Waals surface area contributed by atoms with E-state index in [0.717, 1.165) is 5.56 Å². The first kappa shape index (κ1) is 19.4. The molecule has 0 aliphatic rings. The van der Waals surface area contributed by atoms with Crippen molar-refractivity contribution in [1.82, 2.24) is 5.32 Å². The Balaban J connectivity index is 2.71. The first-order valence-corrected chi connectivity index (χ1v) is 7.79. The predicted molar refractivity (Wildman–Crippen MR) is 94.2 cm³/mol. The molecule has 0 fully saturated rings. The zero-order valence-electron chi connectivity index (χ0n) is 14.4. The summed E-state index contributed by atoms with van der Waals surface area (Å²) in [4.78, 5) is 35.1. The molecule has 1 atom stereocenters. The molecule has 0 aromatic heterocycles. The Kier molecular flexibility index (Phi) is 6.70. The molecule has 0 aliphatic carbocycles. The van der Waals surface area contributed by atoms with E-state index in [0.29, 0.717) is 12.1 Å². The van der Waals surface area contributed by atoms with Crippen LogP contribution in [0, 0.1) is 5.92 Å². The lowest BCUT2D eigenvalue weighted by atomic mass is 9.89. The summed E-state index contributed by atoms with van der Waals surface area (Å²) in [6, 6.07) is 6.88. The van der Waals surface area contributed by atoms with Crippen molar-refractivity contribution in [1.29, 1.82) is 0 Å². The third-order valence-electron chi connectivity index (χ3n) is 3.55. The molecule has 0 saturated heterocycles. The highest BCUT2D eigenvalue weighted by atomic mass is 16.2. The number of hydrogen-bond donors (Lipinski definition) is 3. The fraction of sp³-hybridized carbons (Fsp3) is 0.389. The summed E-state index contributed by atoms with van der Waals surface area (Å²) in [7, 11) is 0. The molecule has 0 bridgehead atoms. The van der Waals surface area contributed by atoms with Crippen LogP contribution in [0.2, 0.25) is 0 Å². The van der Waals surface area contributed by atoms with Crippen LogP contribution in [0.5, 0.6) is 0 Å². The van der Waals surface area contributed by atoms with Gasteiger partial charge in [0.05, 0.1) is 6.42 Å². The van der Waals surface area contributed by atoms with Gasteiger partial charge in [-0.05, 0) is 43.0 Å². The minimum absolute atomic E-state index is 0.122. The van der Waals surface area contributed by atoms with E-state index in [4.69, 9.17) is 5.73 Å². The number of amides is 3. The second-order valence-corrected chi connectivity index (χ2v) is 6.41. The van der Waals surface area contributed by atoms with Gasteiger partial charge in [-0.2, -0.15) is 0 Å². The molecule has 1 unspecified atom stereocenters. The third kappa shape index (κ3) is 5.87. The number of nitrogens with two attached hydrogens (primary N) is 1. The third-order valence-corrected chi connectivity index (χ3v) is 3.55. The fourth-order valence-corrected chi connectivity index (χ4v) is 2.47. The zero-order chi connectivity index (χ0) is 18.3. The van der Waals surface area contributed by atoms with Gasteiger partial charge < -0.3 is 16.4 Å². The van der Waals surface area contributed by atoms with Crippen molar-refractivity contribution in [3.05, 3.63) is 42.5 Å². The van der Waals surface area contributed by atoms with Gasteiger partial charge in [-0.25, -0.2) is 0 Å². The van der Waals surface area contributed by atoms with Gasteiger partial charge in [0.2, 0.25) is 17.7 Å². The molecule has 1 aromatic rings. The van der Waals surface area contributed by atoms with Crippen molar-refractivity contribution >= 4 is 23.4 Å². The Hall–Kier alpha value is -2.63. The van der Waals surface area contributed by atoms with E-state index in [1.807, 2.05) is 13.8 Å². The topological polar surface area (TPSA) is 101 Å². The van der Waals surface area contributed by atoms with Gasteiger partial charge in [0.1, 0.15) is 5.54 Å². The van der Waals surface area contributed by atoms with E-state index < -0.39 is 11.4 Å². The number of rotatable bonds is 8. The van der Waals surface area contributed by atoms with Gasteiger partial charge in [0.15, 0.2) is 0 Å². The van der Waals surface area contributed by atoms with Crippen molar-refractivity contribution in [3.63, 3.8) is 0 Å². The first-order chi connectivity index (χ1) is 11.2. The van der Waals surface area contributed by atoms with Crippen LogP contribution in [0.1, 0.15) is 32.8 Å². The van der Waals surface area contributed by atoms with Gasteiger partial charge in [-0.3, -0.25) is 14.4 Å². The summed E-state index contributed by atoms with van der Waals surface area (Å²) in [6.07, 6.45) is 1.78. The van der Waals surface area contributed by atoms with Crippen LogP contribution in [-0.2, 0) is 20.8 Å². The summed E-state index contributed by atoms with van der Waals surface area (Å²) < 4.78 is 0. The number of nitrogens with one attached hydrogen (secondary N) is 2. The highest BCUT2D eigenvalue weighted by Crippen LogP contribution is 2.17. The van der Waals surface area contributed by atoms with Crippen molar-refractivity contribution in [2.24, 2.45) is 11.7 Å². The largest absolute Gasteiger partial charge is 0.368 e. The van der Waals surface area contributed by atoms with E-state index in [9.17, 15) is 14.4 Å². The smallest absolute Gasteiger partial charge is 0.247 e. The van der Waals surface area contributed by atoms with Crippen LogP contribution in [0.4, 0.5) is 5.69 Å². The van der Waals surface area contributed by atoms with E-state index in [1.54, 1.807) is 31.2 Å². The van der Waals surface area contributed by atoms with Gasteiger partial charge in [0, 0.05) is 5.69 Å². The van der Waals surface area contributed by atoms with Crippen molar-refractivity contribution < 1.29 is 14.4 Å². The van der Waals surface area contributed by atoms with Crippen molar-refractivity contribution in [2.75, 3.05) is 5.32 Å². The van der Waals surface area contributed by atoms with Crippen molar-refractivity contribution in [2.45, 2.75) is 39.2 Å². The Morgan fingerprint density at radius 1 is 1.25 bits per heavy atom. The number of primary amides is 1. The van der Waals surface area contributed by atoms with Crippen LogP contribution in [-0.4, -0.2) is 23.3 Å². The maximum absolute atomic E-state index is 12.2. The second-order valence-electron chi connectivity index (χ2n) is 6.41. The Morgan fingerprint density at radius 3 is 2.29 bits per heavy atom. The summed E-state index contributed by atoms with van der Waals surface area (Å²) >= 11 is 0. The summed E-state index contributed by atoms with van der Waals surface area (Å²) in [5.41, 5.74) is 5.75. The molecular formula is C18H25N3O3. The first-order valence-electron chi connectivity index (χ1n) is 7.79. The molecule has 0 radical (unpaired) electrons. The lowest BCUT2D eigenvalue weighted by Crippen LogP contribution is -2.56. The number of anilines is 1. The SMILES string of the molecule is C=CC(=O)Nc1ccc(CC(=O)NC(C)(CC(C)C)C(N)=O)cc1.